The number of hydrogen-bond acceptors (Lipinski definition) is 4. The molecule has 6 heteroatoms. The lowest BCUT2D eigenvalue weighted by atomic mass is 10.1. The number of likely N-dealkylation sites (N-methyl/N-ethyl adjacent to an activating group) is 1. The number of likely N-dealkylation sites (tertiary alicyclic amines) is 1. The number of amides is 2. The van der Waals surface area contributed by atoms with Crippen molar-refractivity contribution >= 4 is 34.2 Å². The van der Waals surface area contributed by atoms with E-state index in [9.17, 15) is 14.4 Å². The van der Waals surface area contributed by atoms with E-state index in [1.54, 1.807) is 4.90 Å². The van der Waals surface area contributed by atoms with Crippen LogP contribution in [0.2, 0.25) is 0 Å². The van der Waals surface area contributed by atoms with Crippen molar-refractivity contribution in [1.82, 2.24) is 4.90 Å². The maximum atomic E-state index is 12.7. The van der Waals surface area contributed by atoms with Crippen molar-refractivity contribution in [3.8, 4) is 0 Å². The first-order valence-electron chi connectivity index (χ1n) is 9.81. The predicted molar refractivity (Wildman–Crippen MR) is 108 cm³/mol. The summed E-state index contributed by atoms with van der Waals surface area (Å²) in [5.41, 5.74) is 0.796. The Bertz CT molecular complexity index is 859. The van der Waals surface area contributed by atoms with Gasteiger partial charge in [0, 0.05) is 24.9 Å². The van der Waals surface area contributed by atoms with E-state index in [2.05, 4.69) is 0 Å². The third kappa shape index (κ3) is 4.68. The Hall–Kier alpha value is -2.89. The summed E-state index contributed by atoms with van der Waals surface area (Å²) in [6, 6.07) is 13.6. The smallest absolute Gasteiger partial charge is 0.326 e. The second-order valence-electron chi connectivity index (χ2n) is 6.92. The fraction of sp³-hybridized carbons (Fsp3) is 0.409. The SMILES string of the molecule is CCN(C(=O)COC(=O)CN1CCCCCC1=O)c1cccc2ccccc12. The van der Waals surface area contributed by atoms with Crippen LogP contribution in [0, 0.1) is 0 Å². The lowest BCUT2D eigenvalue weighted by Gasteiger charge is -2.23. The van der Waals surface area contributed by atoms with Gasteiger partial charge in [0.2, 0.25) is 5.91 Å². The van der Waals surface area contributed by atoms with E-state index in [-0.39, 0.29) is 25.0 Å². The van der Waals surface area contributed by atoms with Crippen molar-refractivity contribution < 1.29 is 19.1 Å². The van der Waals surface area contributed by atoms with Crippen LogP contribution in [0.25, 0.3) is 10.8 Å². The van der Waals surface area contributed by atoms with Crippen molar-refractivity contribution in [3.05, 3.63) is 42.5 Å². The fourth-order valence-corrected chi connectivity index (χ4v) is 3.55. The molecule has 0 aromatic heterocycles. The first kappa shape index (κ1) is 19.9. The molecule has 148 valence electrons. The van der Waals surface area contributed by atoms with Gasteiger partial charge in [-0.25, -0.2) is 0 Å². The maximum absolute atomic E-state index is 12.7. The lowest BCUT2D eigenvalue weighted by molar-refractivity contribution is -0.151. The maximum Gasteiger partial charge on any atom is 0.326 e. The first-order chi connectivity index (χ1) is 13.6. The van der Waals surface area contributed by atoms with Gasteiger partial charge < -0.3 is 14.5 Å². The Morgan fingerprint density at radius 3 is 2.68 bits per heavy atom. The van der Waals surface area contributed by atoms with Gasteiger partial charge in [-0.3, -0.25) is 14.4 Å². The standard InChI is InChI=1S/C22H26N2O4/c1-2-24(19-12-8-10-17-9-5-6-11-18(17)19)21(26)16-28-22(27)15-23-14-7-3-4-13-20(23)25/h5-6,8-12H,2-4,7,13-16H2,1H3. The molecule has 0 N–H and O–H groups in total. The molecule has 28 heavy (non-hydrogen) atoms. The third-order valence-corrected chi connectivity index (χ3v) is 5.02. The van der Waals surface area contributed by atoms with Crippen LogP contribution in [0.3, 0.4) is 0 Å². The van der Waals surface area contributed by atoms with Crippen LogP contribution in [0.1, 0.15) is 32.6 Å². The highest BCUT2D eigenvalue weighted by atomic mass is 16.5. The number of anilines is 1. The summed E-state index contributed by atoms with van der Waals surface area (Å²) in [6.45, 7) is 2.50. The molecule has 0 saturated carbocycles. The number of nitrogens with zero attached hydrogens (tertiary/aromatic N) is 2. The Labute approximate surface area is 165 Å². The van der Waals surface area contributed by atoms with Crippen molar-refractivity contribution in [2.75, 3.05) is 31.1 Å². The number of carbonyl (C=O) groups excluding carboxylic acids is 3. The monoisotopic (exact) mass is 382 g/mol. The number of rotatable bonds is 6. The van der Waals surface area contributed by atoms with Crippen LogP contribution in [-0.4, -0.2) is 48.9 Å². The summed E-state index contributed by atoms with van der Waals surface area (Å²) in [7, 11) is 0. The van der Waals surface area contributed by atoms with Gasteiger partial charge in [-0.1, -0.05) is 42.8 Å². The molecular weight excluding hydrogens is 356 g/mol. The molecule has 0 radical (unpaired) electrons. The minimum Gasteiger partial charge on any atom is -0.454 e. The zero-order valence-electron chi connectivity index (χ0n) is 16.2. The molecule has 1 heterocycles. The number of carbonyl (C=O) groups is 3. The van der Waals surface area contributed by atoms with Crippen LogP contribution in [0.4, 0.5) is 5.69 Å². The van der Waals surface area contributed by atoms with Gasteiger partial charge in [-0.2, -0.15) is 0 Å². The Morgan fingerprint density at radius 1 is 1.07 bits per heavy atom. The van der Waals surface area contributed by atoms with Gasteiger partial charge in [-0.05, 0) is 31.2 Å². The van der Waals surface area contributed by atoms with Gasteiger partial charge in [0.1, 0.15) is 6.54 Å². The highest BCUT2D eigenvalue weighted by Crippen LogP contribution is 2.26. The molecular formula is C22H26N2O4. The number of esters is 1. The molecule has 3 rings (SSSR count). The van der Waals surface area contributed by atoms with Crippen molar-refractivity contribution in [3.63, 3.8) is 0 Å². The normalized spacial score (nSPS) is 14.6. The van der Waals surface area contributed by atoms with Gasteiger partial charge in [0.05, 0.1) is 5.69 Å². The highest BCUT2D eigenvalue weighted by molar-refractivity contribution is 6.04. The largest absolute Gasteiger partial charge is 0.454 e. The van der Waals surface area contributed by atoms with Crippen LogP contribution in [0.15, 0.2) is 42.5 Å². The Balaban J connectivity index is 1.62. The summed E-state index contributed by atoms with van der Waals surface area (Å²) in [5.74, 6) is -0.848. The molecule has 1 fully saturated rings. The van der Waals surface area contributed by atoms with E-state index >= 15 is 0 Å². The summed E-state index contributed by atoms with van der Waals surface area (Å²) < 4.78 is 5.19. The Morgan fingerprint density at radius 2 is 1.86 bits per heavy atom. The van der Waals surface area contributed by atoms with E-state index in [0.717, 1.165) is 35.7 Å². The minimum atomic E-state index is -0.544. The van der Waals surface area contributed by atoms with Crippen LogP contribution >= 0.6 is 0 Å². The predicted octanol–water partition coefficient (Wildman–Crippen LogP) is 3.14. The Kier molecular flexibility index (Phi) is 6.63. The van der Waals surface area contributed by atoms with Crippen LogP contribution in [-0.2, 0) is 19.1 Å². The molecule has 2 amide bonds. The molecule has 2 aromatic carbocycles. The average Bonchev–Trinajstić information content (AvgIpc) is 2.91. The second kappa shape index (κ2) is 9.35. The molecule has 1 aliphatic heterocycles. The molecule has 0 atom stereocenters. The molecule has 2 aromatic rings. The number of fused-ring (bicyclic) bond motifs is 1. The molecule has 0 bridgehead atoms. The van der Waals surface area contributed by atoms with Crippen molar-refractivity contribution in [2.45, 2.75) is 32.6 Å². The molecule has 0 unspecified atom stereocenters. The van der Waals surface area contributed by atoms with Gasteiger partial charge in [-0.15, -0.1) is 0 Å². The lowest BCUT2D eigenvalue weighted by Crippen LogP contribution is -2.38. The molecule has 6 nitrogen and oxygen atoms in total. The molecule has 1 aliphatic rings. The molecule has 1 saturated heterocycles. The number of benzene rings is 2. The van der Waals surface area contributed by atoms with Gasteiger partial charge >= 0.3 is 5.97 Å². The number of hydrogen-bond donors (Lipinski definition) is 0. The topological polar surface area (TPSA) is 66.9 Å². The summed E-state index contributed by atoms with van der Waals surface area (Å²) in [6.07, 6.45) is 3.21. The second-order valence-corrected chi connectivity index (χ2v) is 6.92. The van der Waals surface area contributed by atoms with Crippen molar-refractivity contribution in [2.24, 2.45) is 0 Å². The highest BCUT2D eigenvalue weighted by Gasteiger charge is 2.22. The summed E-state index contributed by atoms with van der Waals surface area (Å²) >= 11 is 0. The molecule has 0 spiro atoms. The quantitative estimate of drug-likeness (QED) is 0.720. The number of ether oxygens (including phenoxy) is 1. The summed E-state index contributed by atoms with van der Waals surface area (Å²) in [4.78, 5) is 40.0. The van der Waals surface area contributed by atoms with E-state index in [1.165, 1.54) is 4.90 Å². The van der Waals surface area contributed by atoms with E-state index in [0.29, 0.717) is 19.5 Å². The van der Waals surface area contributed by atoms with Gasteiger partial charge in [0.25, 0.3) is 5.91 Å². The van der Waals surface area contributed by atoms with E-state index in [1.807, 2.05) is 49.4 Å². The van der Waals surface area contributed by atoms with E-state index < -0.39 is 5.97 Å². The summed E-state index contributed by atoms with van der Waals surface area (Å²) in [5, 5.41) is 2.02. The van der Waals surface area contributed by atoms with Crippen LogP contribution < -0.4 is 4.90 Å². The van der Waals surface area contributed by atoms with Crippen LogP contribution in [0.5, 0.6) is 0 Å². The minimum absolute atomic E-state index is 0.0216. The first-order valence-corrected chi connectivity index (χ1v) is 9.81. The zero-order chi connectivity index (χ0) is 19.9. The van der Waals surface area contributed by atoms with Crippen molar-refractivity contribution in [1.29, 1.82) is 0 Å². The fourth-order valence-electron chi connectivity index (χ4n) is 3.55. The van der Waals surface area contributed by atoms with Gasteiger partial charge in [0.15, 0.2) is 6.61 Å². The third-order valence-electron chi connectivity index (χ3n) is 5.02. The average molecular weight is 382 g/mol. The molecule has 0 aliphatic carbocycles. The van der Waals surface area contributed by atoms with E-state index in [4.69, 9.17) is 4.74 Å². The zero-order valence-corrected chi connectivity index (χ0v) is 16.2.